The minimum absolute atomic E-state index is 0.0143. The molecule has 4 heteroatoms. The van der Waals surface area contributed by atoms with Gasteiger partial charge in [-0.05, 0) is 25.8 Å². The van der Waals surface area contributed by atoms with Crippen molar-refractivity contribution in [2.45, 2.75) is 32.9 Å². The van der Waals surface area contributed by atoms with Crippen molar-refractivity contribution in [1.82, 2.24) is 4.90 Å². The van der Waals surface area contributed by atoms with Crippen LogP contribution in [0.1, 0.15) is 24.5 Å². The first-order valence-electron chi connectivity index (χ1n) is 7.18. The number of carbonyl (C=O) groups excluding carboxylic acids is 1. The van der Waals surface area contributed by atoms with E-state index in [4.69, 9.17) is 4.74 Å². The third-order valence-electron chi connectivity index (χ3n) is 3.87. The molecule has 0 aromatic heterocycles. The summed E-state index contributed by atoms with van der Waals surface area (Å²) in [7, 11) is 0. The molecule has 1 fully saturated rings. The molecule has 0 bridgehead atoms. The van der Waals surface area contributed by atoms with Crippen LogP contribution in [0.15, 0.2) is 24.3 Å². The molecule has 0 radical (unpaired) electrons. The molecule has 0 unspecified atom stereocenters. The maximum Gasteiger partial charge on any atom is 0.228 e. The standard InChI is InChI=1S/C16H23NO3/c1-12-3-5-14(6-4-12)11-17(8-9-18)16(19)15-7-10-20-13(15)2/h3-6,13,15,18H,7-11H2,1-2H3/t13-,15+/m1/s1. The summed E-state index contributed by atoms with van der Waals surface area (Å²) < 4.78 is 5.47. The number of ether oxygens (including phenoxy) is 1. The number of carbonyl (C=O) groups is 1. The number of aryl methyl sites for hydroxylation is 1. The van der Waals surface area contributed by atoms with Gasteiger partial charge in [-0.3, -0.25) is 4.79 Å². The van der Waals surface area contributed by atoms with E-state index in [-0.39, 0.29) is 24.5 Å². The average Bonchev–Trinajstić information content (AvgIpc) is 2.86. The van der Waals surface area contributed by atoms with E-state index < -0.39 is 0 Å². The minimum atomic E-state index is -0.0769. The lowest BCUT2D eigenvalue weighted by atomic mass is 10.0. The van der Waals surface area contributed by atoms with Crippen molar-refractivity contribution in [2.24, 2.45) is 5.92 Å². The second-order valence-corrected chi connectivity index (χ2v) is 5.44. The van der Waals surface area contributed by atoms with Crippen LogP contribution < -0.4 is 0 Å². The Hall–Kier alpha value is -1.39. The van der Waals surface area contributed by atoms with Crippen LogP contribution >= 0.6 is 0 Å². The van der Waals surface area contributed by atoms with Crippen molar-refractivity contribution in [3.05, 3.63) is 35.4 Å². The molecule has 0 saturated carbocycles. The predicted octanol–water partition coefficient (Wildman–Crippen LogP) is 1.74. The maximum atomic E-state index is 12.6. The molecule has 1 amide bonds. The normalized spacial score (nSPS) is 21.9. The first-order valence-corrected chi connectivity index (χ1v) is 7.18. The number of hydrogen-bond donors (Lipinski definition) is 1. The van der Waals surface area contributed by atoms with Gasteiger partial charge in [-0.2, -0.15) is 0 Å². The fourth-order valence-corrected chi connectivity index (χ4v) is 2.59. The van der Waals surface area contributed by atoms with Gasteiger partial charge in [0.25, 0.3) is 0 Å². The Balaban J connectivity index is 2.06. The fourth-order valence-electron chi connectivity index (χ4n) is 2.59. The molecule has 1 aromatic rings. The first-order chi connectivity index (χ1) is 9.61. The van der Waals surface area contributed by atoms with Gasteiger partial charge in [0.15, 0.2) is 0 Å². The number of aliphatic hydroxyl groups excluding tert-OH is 1. The minimum Gasteiger partial charge on any atom is -0.395 e. The van der Waals surface area contributed by atoms with E-state index in [2.05, 4.69) is 0 Å². The largest absolute Gasteiger partial charge is 0.395 e. The molecule has 20 heavy (non-hydrogen) atoms. The van der Waals surface area contributed by atoms with Crippen LogP contribution in [0.5, 0.6) is 0 Å². The Morgan fingerprint density at radius 1 is 1.40 bits per heavy atom. The maximum absolute atomic E-state index is 12.6. The Morgan fingerprint density at radius 2 is 2.10 bits per heavy atom. The predicted molar refractivity (Wildman–Crippen MR) is 77.2 cm³/mol. The fraction of sp³-hybridized carbons (Fsp3) is 0.562. The zero-order valence-corrected chi connectivity index (χ0v) is 12.2. The summed E-state index contributed by atoms with van der Waals surface area (Å²) in [6.45, 7) is 5.53. The molecule has 1 saturated heterocycles. The summed E-state index contributed by atoms with van der Waals surface area (Å²) in [5.41, 5.74) is 2.29. The molecule has 1 aromatic carbocycles. The van der Waals surface area contributed by atoms with Gasteiger partial charge >= 0.3 is 0 Å². The van der Waals surface area contributed by atoms with Crippen LogP contribution in [0, 0.1) is 12.8 Å². The summed E-state index contributed by atoms with van der Waals surface area (Å²) in [5, 5.41) is 9.19. The van der Waals surface area contributed by atoms with Gasteiger partial charge in [0, 0.05) is 19.7 Å². The number of rotatable bonds is 5. The van der Waals surface area contributed by atoms with Crippen LogP contribution in [0.25, 0.3) is 0 Å². The molecule has 1 aliphatic heterocycles. The van der Waals surface area contributed by atoms with Gasteiger partial charge < -0.3 is 14.7 Å². The zero-order chi connectivity index (χ0) is 14.5. The molecule has 2 rings (SSSR count). The molecule has 4 nitrogen and oxygen atoms in total. The highest BCUT2D eigenvalue weighted by Crippen LogP contribution is 2.23. The average molecular weight is 277 g/mol. The highest BCUT2D eigenvalue weighted by Gasteiger charge is 2.33. The Labute approximate surface area is 120 Å². The Morgan fingerprint density at radius 3 is 2.65 bits per heavy atom. The van der Waals surface area contributed by atoms with E-state index in [1.165, 1.54) is 5.56 Å². The molecular formula is C16H23NO3. The van der Waals surface area contributed by atoms with Crippen molar-refractivity contribution in [3.63, 3.8) is 0 Å². The van der Waals surface area contributed by atoms with Crippen molar-refractivity contribution in [1.29, 1.82) is 0 Å². The van der Waals surface area contributed by atoms with Crippen molar-refractivity contribution < 1.29 is 14.6 Å². The van der Waals surface area contributed by atoms with Gasteiger partial charge in [0.1, 0.15) is 0 Å². The SMILES string of the molecule is Cc1ccc(CN(CCO)C(=O)[C@H]2CCO[C@@H]2C)cc1. The summed E-state index contributed by atoms with van der Waals surface area (Å²) in [4.78, 5) is 14.3. The first kappa shape index (κ1) is 15.0. The van der Waals surface area contributed by atoms with E-state index >= 15 is 0 Å². The number of benzene rings is 1. The van der Waals surface area contributed by atoms with Gasteiger partial charge in [-0.25, -0.2) is 0 Å². The van der Waals surface area contributed by atoms with Gasteiger partial charge in [0.2, 0.25) is 5.91 Å². The van der Waals surface area contributed by atoms with Crippen molar-refractivity contribution >= 4 is 5.91 Å². The number of hydrogen-bond acceptors (Lipinski definition) is 3. The lowest BCUT2D eigenvalue weighted by molar-refractivity contribution is -0.138. The van der Waals surface area contributed by atoms with E-state index in [1.807, 2.05) is 38.1 Å². The van der Waals surface area contributed by atoms with Crippen LogP contribution in [0.3, 0.4) is 0 Å². The lowest BCUT2D eigenvalue weighted by Crippen LogP contribution is -2.39. The number of nitrogens with zero attached hydrogens (tertiary/aromatic N) is 1. The van der Waals surface area contributed by atoms with Crippen LogP contribution in [-0.2, 0) is 16.1 Å². The zero-order valence-electron chi connectivity index (χ0n) is 12.2. The van der Waals surface area contributed by atoms with E-state index in [1.54, 1.807) is 4.90 Å². The lowest BCUT2D eigenvalue weighted by Gasteiger charge is -2.26. The molecule has 1 N–H and O–H groups in total. The van der Waals surface area contributed by atoms with Gasteiger partial charge in [0.05, 0.1) is 18.6 Å². The second kappa shape index (κ2) is 6.86. The third kappa shape index (κ3) is 3.58. The van der Waals surface area contributed by atoms with Crippen LogP contribution in [0.2, 0.25) is 0 Å². The van der Waals surface area contributed by atoms with Gasteiger partial charge in [-0.1, -0.05) is 29.8 Å². The third-order valence-corrected chi connectivity index (χ3v) is 3.87. The molecule has 1 aliphatic rings. The Bertz CT molecular complexity index is 444. The molecule has 2 atom stereocenters. The van der Waals surface area contributed by atoms with E-state index in [9.17, 15) is 9.90 Å². The highest BCUT2D eigenvalue weighted by atomic mass is 16.5. The van der Waals surface area contributed by atoms with Crippen molar-refractivity contribution in [2.75, 3.05) is 19.8 Å². The van der Waals surface area contributed by atoms with E-state index in [0.29, 0.717) is 19.7 Å². The highest BCUT2D eigenvalue weighted by molar-refractivity contribution is 5.79. The van der Waals surface area contributed by atoms with Crippen LogP contribution in [0.4, 0.5) is 0 Å². The molecular weight excluding hydrogens is 254 g/mol. The molecule has 110 valence electrons. The summed E-state index contributed by atoms with van der Waals surface area (Å²) in [5.74, 6) is 0.0108. The van der Waals surface area contributed by atoms with E-state index in [0.717, 1.165) is 12.0 Å². The Kier molecular flexibility index (Phi) is 5.15. The summed E-state index contributed by atoms with van der Waals surface area (Å²) in [6.07, 6.45) is 0.747. The number of amides is 1. The molecule has 1 heterocycles. The quantitative estimate of drug-likeness (QED) is 0.892. The second-order valence-electron chi connectivity index (χ2n) is 5.44. The monoisotopic (exact) mass is 277 g/mol. The molecule has 0 aliphatic carbocycles. The van der Waals surface area contributed by atoms with Crippen molar-refractivity contribution in [3.8, 4) is 0 Å². The van der Waals surface area contributed by atoms with Gasteiger partial charge in [-0.15, -0.1) is 0 Å². The molecule has 0 spiro atoms. The summed E-state index contributed by atoms with van der Waals surface area (Å²) in [6, 6.07) is 8.14. The van der Waals surface area contributed by atoms with Crippen LogP contribution in [-0.4, -0.2) is 41.8 Å². The topological polar surface area (TPSA) is 49.8 Å². The summed E-state index contributed by atoms with van der Waals surface area (Å²) >= 11 is 0. The smallest absolute Gasteiger partial charge is 0.228 e. The number of aliphatic hydroxyl groups is 1.